The fourth-order valence-electron chi connectivity index (χ4n) is 1.97. The molecule has 2 aromatic rings. The summed E-state index contributed by atoms with van der Waals surface area (Å²) in [7, 11) is 0. The fourth-order valence-corrected chi connectivity index (χ4v) is 1.97. The smallest absolute Gasteiger partial charge is 0.340 e. The van der Waals surface area contributed by atoms with Crippen molar-refractivity contribution in [3.63, 3.8) is 0 Å². The molecule has 1 heterocycles. The van der Waals surface area contributed by atoms with Gasteiger partial charge in [0.25, 0.3) is 5.56 Å². The largest absolute Gasteiger partial charge is 0.471 e. The number of aromatic nitrogens is 1. The number of nitrogens with one attached hydrogen (secondary N) is 1. The Morgan fingerprint density at radius 2 is 1.73 bits per heavy atom. The molecule has 1 amide bonds. The predicted molar refractivity (Wildman–Crippen MR) is 74.1 cm³/mol. The molecule has 1 aromatic heterocycles. The summed E-state index contributed by atoms with van der Waals surface area (Å²) in [6.45, 7) is -0.0918. The Morgan fingerprint density at radius 3 is 2.32 bits per heavy atom. The minimum absolute atomic E-state index is 0.0918. The van der Waals surface area contributed by atoms with Gasteiger partial charge in [0.2, 0.25) is 0 Å². The zero-order valence-electron chi connectivity index (χ0n) is 11.4. The molecule has 0 radical (unpaired) electrons. The molecule has 1 atom stereocenters. The van der Waals surface area contributed by atoms with Gasteiger partial charge in [0, 0.05) is 12.3 Å². The lowest BCUT2D eigenvalue weighted by Gasteiger charge is -2.21. The van der Waals surface area contributed by atoms with E-state index in [4.69, 9.17) is 0 Å². The molecule has 4 nitrogen and oxygen atoms in total. The second-order valence-electron chi connectivity index (χ2n) is 4.63. The Kier molecular flexibility index (Phi) is 4.65. The van der Waals surface area contributed by atoms with Crippen LogP contribution < -0.4 is 10.9 Å². The highest BCUT2D eigenvalue weighted by Gasteiger charge is 2.39. The maximum Gasteiger partial charge on any atom is 0.471 e. The molecule has 1 unspecified atom stereocenters. The van der Waals surface area contributed by atoms with Crippen molar-refractivity contribution < 1.29 is 18.0 Å². The summed E-state index contributed by atoms with van der Waals surface area (Å²) in [6, 6.07) is 11.7. The first kappa shape index (κ1) is 15.8. The summed E-state index contributed by atoms with van der Waals surface area (Å²) in [5, 5.41) is 1.93. The number of rotatable bonds is 4. The van der Waals surface area contributed by atoms with E-state index < -0.39 is 18.1 Å². The number of nitrogens with zero attached hydrogens (tertiary/aromatic N) is 1. The van der Waals surface area contributed by atoms with Gasteiger partial charge in [-0.3, -0.25) is 9.59 Å². The molecule has 0 bridgehead atoms. The standard InChI is InChI=1S/C15H13F3N2O2/c16-15(17,18)14(22)19-12(11-6-2-1-3-7-11)10-20-9-5-4-8-13(20)21/h1-9,12H,10H2,(H,19,22). The number of hydrogen-bond acceptors (Lipinski definition) is 2. The molecule has 2 rings (SSSR count). The Hall–Kier alpha value is -2.57. The minimum atomic E-state index is -4.98. The Morgan fingerprint density at radius 1 is 1.09 bits per heavy atom. The van der Waals surface area contributed by atoms with Crippen LogP contribution in [-0.4, -0.2) is 16.7 Å². The van der Waals surface area contributed by atoms with Crippen LogP contribution in [0.5, 0.6) is 0 Å². The molecule has 0 aliphatic carbocycles. The topological polar surface area (TPSA) is 51.1 Å². The molecule has 0 saturated heterocycles. The van der Waals surface area contributed by atoms with Crippen LogP contribution in [0.2, 0.25) is 0 Å². The molecule has 0 aliphatic rings. The van der Waals surface area contributed by atoms with E-state index in [-0.39, 0.29) is 12.1 Å². The van der Waals surface area contributed by atoms with Crippen molar-refractivity contribution in [2.24, 2.45) is 0 Å². The molecule has 116 valence electrons. The third-order valence-electron chi connectivity index (χ3n) is 3.04. The third-order valence-corrected chi connectivity index (χ3v) is 3.04. The van der Waals surface area contributed by atoms with E-state index in [0.717, 1.165) is 0 Å². The van der Waals surface area contributed by atoms with E-state index in [9.17, 15) is 22.8 Å². The average molecular weight is 310 g/mol. The first-order valence-electron chi connectivity index (χ1n) is 6.46. The number of halogens is 3. The molecule has 0 fully saturated rings. The summed E-state index contributed by atoms with van der Waals surface area (Å²) in [4.78, 5) is 22.9. The van der Waals surface area contributed by atoms with Crippen LogP contribution in [0, 0.1) is 0 Å². The number of alkyl halides is 3. The SMILES string of the molecule is O=C(NC(Cn1ccccc1=O)c1ccccc1)C(F)(F)F. The van der Waals surface area contributed by atoms with E-state index >= 15 is 0 Å². The Labute approximate surface area is 124 Å². The summed E-state index contributed by atoms with van der Waals surface area (Å²) in [5.41, 5.74) is 0.126. The Bertz CT molecular complexity index is 696. The van der Waals surface area contributed by atoms with Crippen molar-refractivity contribution >= 4 is 5.91 Å². The average Bonchev–Trinajstić information content (AvgIpc) is 2.48. The molecule has 0 spiro atoms. The normalized spacial score (nSPS) is 12.7. The van der Waals surface area contributed by atoms with Crippen molar-refractivity contribution in [2.45, 2.75) is 18.8 Å². The first-order valence-corrected chi connectivity index (χ1v) is 6.46. The highest BCUT2D eigenvalue weighted by Crippen LogP contribution is 2.19. The molecule has 7 heteroatoms. The summed E-state index contributed by atoms with van der Waals surface area (Å²) < 4.78 is 38.6. The molecule has 1 N–H and O–H groups in total. The van der Waals surface area contributed by atoms with Gasteiger partial charge >= 0.3 is 12.1 Å². The highest BCUT2D eigenvalue weighted by molar-refractivity contribution is 5.82. The van der Waals surface area contributed by atoms with E-state index in [1.54, 1.807) is 36.4 Å². The van der Waals surface area contributed by atoms with E-state index in [1.165, 1.54) is 22.9 Å². The zero-order chi connectivity index (χ0) is 16.2. The van der Waals surface area contributed by atoms with Gasteiger partial charge in [-0.1, -0.05) is 36.4 Å². The maximum absolute atomic E-state index is 12.5. The van der Waals surface area contributed by atoms with Crippen LogP contribution in [0.15, 0.2) is 59.5 Å². The van der Waals surface area contributed by atoms with E-state index in [1.807, 2.05) is 5.32 Å². The van der Waals surface area contributed by atoms with Gasteiger partial charge in [0.1, 0.15) is 0 Å². The van der Waals surface area contributed by atoms with Crippen molar-refractivity contribution in [3.8, 4) is 0 Å². The summed E-state index contributed by atoms with van der Waals surface area (Å²) in [6.07, 6.45) is -3.52. The molecular formula is C15H13F3N2O2. The lowest BCUT2D eigenvalue weighted by molar-refractivity contribution is -0.174. The molecule has 0 aliphatic heterocycles. The van der Waals surface area contributed by atoms with Crippen molar-refractivity contribution in [1.82, 2.24) is 9.88 Å². The number of carbonyl (C=O) groups excluding carboxylic acids is 1. The van der Waals surface area contributed by atoms with Crippen LogP contribution in [0.3, 0.4) is 0 Å². The number of carbonyl (C=O) groups is 1. The predicted octanol–water partition coefficient (Wildman–Crippen LogP) is 2.27. The number of pyridine rings is 1. The zero-order valence-corrected chi connectivity index (χ0v) is 11.4. The van der Waals surface area contributed by atoms with E-state index in [2.05, 4.69) is 0 Å². The summed E-state index contributed by atoms with van der Waals surface area (Å²) in [5.74, 6) is -2.04. The maximum atomic E-state index is 12.5. The highest BCUT2D eigenvalue weighted by atomic mass is 19.4. The quantitative estimate of drug-likeness (QED) is 0.942. The van der Waals surface area contributed by atoms with Crippen LogP contribution in [0.1, 0.15) is 11.6 Å². The number of hydrogen-bond donors (Lipinski definition) is 1. The van der Waals surface area contributed by atoms with Gasteiger partial charge in [0.05, 0.1) is 12.6 Å². The third kappa shape index (κ3) is 3.97. The van der Waals surface area contributed by atoms with Crippen LogP contribution in [-0.2, 0) is 11.3 Å². The van der Waals surface area contributed by atoms with Gasteiger partial charge in [0.15, 0.2) is 0 Å². The summed E-state index contributed by atoms with van der Waals surface area (Å²) >= 11 is 0. The van der Waals surface area contributed by atoms with Gasteiger partial charge in [-0.2, -0.15) is 13.2 Å². The Balaban J connectivity index is 2.29. The monoisotopic (exact) mass is 310 g/mol. The van der Waals surface area contributed by atoms with Crippen molar-refractivity contribution in [3.05, 3.63) is 70.6 Å². The van der Waals surface area contributed by atoms with Gasteiger partial charge in [-0.25, -0.2) is 0 Å². The molecule has 22 heavy (non-hydrogen) atoms. The lowest BCUT2D eigenvalue weighted by Crippen LogP contribution is -2.41. The van der Waals surface area contributed by atoms with Crippen LogP contribution >= 0.6 is 0 Å². The number of amides is 1. The lowest BCUT2D eigenvalue weighted by atomic mass is 10.1. The van der Waals surface area contributed by atoms with Crippen LogP contribution in [0.25, 0.3) is 0 Å². The van der Waals surface area contributed by atoms with E-state index in [0.29, 0.717) is 5.56 Å². The first-order chi connectivity index (χ1) is 10.4. The van der Waals surface area contributed by atoms with Crippen LogP contribution in [0.4, 0.5) is 13.2 Å². The minimum Gasteiger partial charge on any atom is -0.340 e. The fraction of sp³-hybridized carbons (Fsp3) is 0.200. The van der Waals surface area contributed by atoms with Crippen molar-refractivity contribution in [1.29, 1.82) is 0 Å². The number of benzene rings is 1. The van der Waals surface area contributed by atoms with Gasteiger partial charge < -0.3 is 9.88 Å². The second-order valence-corrected chi connectivity index (χ2v) is 4.63. The molecule has 1 aromatic carbocycles. The second kappa shape index (κ2) is 6.46. The van der Waals surface area contributed by atoms with Crippen molar-refractivity contribution in [2.75, 3.05) is 0 Å². The van der Waals surface area contributed by atoms with Gasteiger partial charge in [-0.05, 0) is 11.6 Å². The van der Waals surface area contributed by atoms with Gasteiger partial charge in [-0.15, -0.1) is 0 Å². The molecular weight excluding hydrogens is 297 g/mol. The molecule has 0 saturated carbocycles.